The second-order valence-corrected chi connectivity index (χ2v) is 7.31. The SMILES string of the molecule is CC(CC(=O)O)C1CCCN(C2CCCC(C)C2C)C1. The molecule has 0 radical (unpaired) electrons. The fourth-order valence-electron chi connectivity index (χ4n) is 4.32. The third kappa shape index (κ3) is 3.75. The van der Waals surface area contributed by atoms with Crippen LogP contribution in [0.25, 0.3) is 0 Å². The molecule has 1 saturated carbocycles. The Hall–Kier alpha value is -0.570. The van der Waals surface area contributed by atoms with Gasteiger partial charge in [-0.1, -0.05) is 33.6 Å². The number of carboxylic acids is 1. The van der Waals surface area contributed by atoms with Crippen LogP contribution in [0.4, 0.5) is 0 Å². The second kappa shape index (κ2) is 6.93. The van der Waals surface area contributed by atoms with Gasteiger partial charge in [0.2, 0.25) is 0 Å². The van der Waals surface area contributed by atoms with E-state index in [1.807, 2.05) is 0 Å². The van der Waals surface area contributed by atoms with E-state index in [1.54, 1.807) is 0 Å². The van der Waals surface area contributed by atoms with Gasteiger partial charge >= 0.3 is 5.97 Å². The van der Waals surface area contributed by atoms with Crippen molar-refractivity contribution in [3.05, 3.63) is 0 Å². The number of rotatable bonds is 4. The van der Waals surface area contributed by atoms with Crippen molar-refractivity contribution in [3.63, 3.8) is 0 Å². The second-order valence-electron chi connectivity index (χ2n) is 7.31. The maximum absolute atomic E-state index is 10.9. The molecule has 0 aromatic carbocycles. The summed E-state index contributed by atoms with van der Waals surface area (Å²) in [6, 6.07) is 0.735. The van der Waals surface area contributed by atoms with Crippen LogP contribution in [0.1, 0.15) is 59.3 Å². The topological polar surface area (TPSA) is 40.5 Å². The Bertz CT molecular complexity index is 331. The fraction of sp³-hybridized carbons (Fsp3) is 0.941. The van der Waals surface area contributed by atoms with Crippen molar-refractivity contribution >= 4 is 5.97 Å². The highest BCUT2D eigenvalue weighted by Gasteiger charge is 2.35. The van der Waals surface area contributed by atoms with Crippen molar-refractivity contribution in [1.29, 1.82) is 0 Å². The average Bonchev–Trinajstić information content (AvgIpc) is 2.41. The zero-order valence-corrected chi connectivity index (χ0v) is 13.3. The lowest BCUT2D eigenvalue weighted by molar-refractivity contribution is -0.138. The first-order valence-electron chi connectivity index (χ1n) is 8.45. The molecule has 3 nitrogen and oxygen atoms in total. The molecule has 0 aromatic rings. The minimum Gasteiger partial charge on any atom is -0.481 e. The first-order valence-corrected chi connectivity index (χ1v) is 8.45. The number of carboxylic acid groups (broad SMARTS) is 1. The van der Waals surface area contributed by atoms with Crippen LogP contribution in [0.5, 0.6) is 0 Å². The normalized spacial score (nSPS) is 37.5. The van der Waals surface area contributed by atoms with Gasteiger partial charge in [-0.3, -0.25) is 9.69 Å². The van der Waals surface area contributed by atoms with Crippen LogP contribution in [-0.4, -0.2) is 35.1 Å². The Morgan fingerprint density at radius 3 is 2.70 bits per heavy atom. The summed E-state index contributed by atoms with van der Waals surface area (Å²) in [6.45, 7) is 9.27. The third-order valence-electron chi connectivity index (χ3n) is 5.92. The lowest BCUT2D eigenvalue weighted by Gasteiger charge is -2.46. The number of hydrogen-bond donors (Lipinski definition) is 1. The Balaban J connectivity index is 1.94. The highest BCUT2D eigenvalue weighted by Crippen LogP contribution is 2.36. The van der Waals surface area contributed by atoms with E-state index in [4.69, 9.17) is 5.11 Å². The standard InChI is InChI=1S/C17H31NO2/c1-12-6-4-8-16(14(12)3)18-9-5-7-15(11-18)13(2)10-17(19)20/h12-16H,4-11H2,1-3H3,(H,19,20). The summed E-state index contributed by atoms with van der Waals surface area (Å²) >= 11 is 0. The molecule has 20 heavy (non-hydrogen) atoms. The Morgan fingerprint density at radius 2 is 2.00 bits per heavy atom. The molecule has 0 bridgehead atoms. The molecule has 2 rings (SSSR count). The minimum absolute atomic E-state index is 0.312. The third-order valence-corrected chi connectivity index (χ3v) is 5.92. The quantitative estimate of drug-likeness (QED) is 0.855. The zero-order valence-electron chi connectivity index (χ0n) is 13.3. The summed E-state index contributed by atoms with van der Waals surface area (Å²) in [6.07, 6.45) is 6.86. The first-order chi connectivity index (χ1) is 9.49. The van der Waals surface area contributed by atoms with Crippen LogP contribution >= 0.6 is 0 Å². The number of nitrogens with zero attached hydrogens (tertiary/aromatic N) is 1. The molecule has 3 heteroatoms. The summed E-state index contributed by atoms with van der Waals surface area (Å²) in [4.78, 5) is 13.6. The van der Waals surface area contributed by atoms with Gasteiger partial charge in [0.25, 0.3) is 0 Å². The lowest BCUT2D eigenvalue weighted by atomic mass is 9.75. The molecule has 1 heterocycles. The van der Waals surface area contributed by atoms with E-state index in [-0.39, 0.29) is 0 Å². The van der Waals surface area contributed by atoms with E-state index in [1.165, 1.54) is 38.6 Å². The Kier molecular flexibility index (Phi) is 5.48. The molecule has 0 spiro atoms. The average molecular weight is 281 g/mol. The van der Waals surface area contributed by atoms with E-state index >= 15 is 0 Å². The molecule has 2 aliphatic rings. The number of carbonyl (C=O) groups is 1. The number of likely N-dealkylation sites (tertiary alicyclic amines) is 1. The van der Waals surface area contributed by atoms with Crippen LogP contribution in [0.3, 0.4) is 0 Å². The van der Waals surface area contributed by atoms with Crippen molar-refractivity contribution in [2.45, 2.75) is 65.3 Å². The molecule has 1 aliphatic carbocycles. The van der Waals surface area contributed by atoms with Gasteiger partial charge in [-0.15, -0.1) is 0 Å². The van der Waals surface area contributed by atoms with Gasteiger partial charge in [0.15, 0.2) is 0 Å². The summed E-state index contributed by atoms with van der Waals surface area (Å²) in [5.74, 6) is 1.87. The van der Waals surface area contributed by atoms with E-state index in [2.05, 4.69) is 25.7 Å². The highest BCUT2D eigenvalue weighted by molar-refractivity contribution is 5.67. The van der Waals surface area contributed by atoms with E-state index < -0.39 is 5.97 Å². The van der Waals surface area contributed by atoms with Crippen molar-refractivity contribution in [2.24, 2.45) is 23.7 Å². The van der Waals surface area contributed by atoms with Crippen LogP contribution in [0.15, 0.2) is 0 Å². The molecular formula is C17H31NO2. The molecule has 1 N–H and O–H groups in total. The van der Waals surface area contributed by atoms with E-state index in [9.17, 15) is 4.79 Å². The van der Waals surface area contributed by atoms with Crippen molar-refractivity contribution in [2.75, 3.05) is 13.1 Å². The lowest BCUT2D eigenvalue weighted by Crippen LogP contribution is -2.49. The van der Waals surface area contributed by atoms with E-state index in [0.29, 0.717) is 18.3 Å². The van der Waals surface area contributed by atoms with Crippen LogP contribution in [0.2, 0.25) is 0 Å². The van der Waals surface area contributed by atoms with Gasteiger partial charge < -0.3 is 5.11 Å². The molecule has 0 amide bonds. The molecule has 5 atom stereocenters. The van der Waals surface area contributed by atoms with Gasteiger partial charge in [0, 0.05) is 19.0 Å². The predicted octanol–water partition coefficient (Wildman–Crippen LogP) is 3.63. The fourth-order valence-corrected chi connectivity index (χ4v) is 4.32. The monoisotopic (exact) mass is 281 g/mol. The zero-order chi connectivity index (χ0) is 14.7. The molecular weight excluding hydrogens is 250 g/mol. The van der Waals surface area contributed by atoms with Gasteiger partial charge in [0.1, 0.15) is 0 Å². The molecule has 5 unspecified atom stereocenters. The van der Waals surface area contributed by atoms with Gasteiger partial charge in [0.05, 0.1) is 0 Å². The summed E-state index contributed by atoms with van der Waals surface area (Å²) in [5, 5.41) is 8.99. The van der Waals surface area contributed by atoms with Crippen LogP contribution in [0, 0.1) is 23.7 Å². The van der Waals surface area contributed by atoms with E-state index in [0.717, 1.165) is 24.4 Å². The molecule has 1 saturated heterocycles. The Morgan fingerprint density at radius 1 is 1.25 bits per heavy atom. The maximum atomic E-state index is 10.9. The van der Waals surface area contributed by atoms with Crippen molar-refractivity contribution in [3.8, 4) is 0 Å². The van der Waals surface area contributed by atoms with Gasteiger partial charge in [-0.05, 0) is 49.5 Å². The summed E-state index contributed by atoms with van der Waals surface area (Å²) in [7, 11) is 0. The van der Waals surface area contributed by atoms with Crippen LogP contribution in [-0.2, 0) is 4.79 Å². The van der Waals surface area contributed by atoms with Gasteiger partial charge in [-0.25, -0.2) is 0 Å². The highest BCUT2D eigenvalue weighted by atomic mass is 16.4. The van der Waals surface area contributed by atoms with Crippen LogP contribution < -0.4 is 0 Å². The minimum atomic E-state index is -0.644. The number of aliphatic carboxylic acids is 1. The largest absolute Gasteiger partial charge is 0.481 e. The molecule has 0 aromatic heterocycles. The summed E-state index contributed by atoms with van der Waals surface area (Å²) < 4.78 is 0. The molecule has 2 fully saturated rings. The Labute approximate surface area is 123 Å². The smallest absolute Gasteiger partial charge is 0.303 e. The summed E-state index contributed by atoms with van der Waals surface area (Å²) in [5.41, 5.74) is 0. The first kappa shape index (κ1) is 15.8. The van der Waals surface area contributed by atoms with Gasteiger partial charge in [-0.2, -0.15) is 0 Å². The van der Waals surface area contributed by atoms with Crippen molar-refractivity contribution in [1.82, 2.24) is 4.90 Å². The molecule has 116 valence electrons. The predicted molar refractivity (Wildman–Crippen MR) is 81.7 cm³/mol. The van der Waals surface area contributed by atoms with Crippen molar-refractivity contribution < 1.29 is 9.90 Å². The molecule has 1 aliphatic heterocycles. The maximum Gasteiger partial charge on any atom is 0.303 e. The number of piperidine rings is 1. The number of hydrogen-bond acceptors (Lipinski definition) is 2.